The lowest BCUT2D eigenvalue weighted by atomic mass is 10.3. The van der Waals surface area contributed by atoms with Crippen molar-refractivity contribution in [1.29, 1.82) is 0 Å². The summed E-state index contributed by atoms with van der Waals surface area (Å²) in [5.41, 5.74) is 0.590. The van der Waals surface area contributed by atoms with E-state index in [-0.39, 0.29) is 5.91 Å². The summed E-state index contributed by atoms with van der Waals surface area (Å²) in [6.07, 6.45) is 2.70. The lowest BCUT2D eigenvalue weighted by Crippen LogP contribution is -2.48. The van der Waals surface area contributed by atoms with Gasteiger partial charge in [-0.1, -0.05) is 0 Å². The fourth-order valence-electron chi connectivity index (χ4n) is 2.37. The molecule has 6 nitrogen and oxygen atoms in total. The van der Waals surface area contributed by atoms with E-state index >= 15 is 0 Å². The van der Waals surface area contributed by atoms with Crippen LogP contribution in [0.5, 0.6) is 0 Å². The van der Waals surface area contributed by atoms with Gasteiger partial charge in [0, 0.05) is 44.7 Å². The molecule has 1 aliphatic rings. The second-order valence-corrected chi connectivity index (χ2v) is 5.36. The Morgan fingerprint density at radius 3 is 2.74 bits per heavy atom. The normalized spacial score (nSPS) is 16.1. The van der Waals surface area contributed by atoms with Crippen LogP contribution in [0.1, 0.15) is 17.4 Å². The maximum Gasteiger partial charge on any atom is 0.219 e. The van der Waals surface area contributed by atoms with E-state index in [0.29, 0.717) is 31.9 Å². The first-order valence-electron chi connectivity index (χ1n) is 6.12. The van der Waals surface area contributed by atoms with Gasteiger partial charge in [0.1, 0.15) is 5.69 Å². The minimum atomic E-state index is 0.0982. The average Bonchev–Trinajstić information content (AvgIpc) is 2.98. The highest BCUT2D eigenvalue weighted by atomic mass is 32.1. The molecule has 1 saturated heterocycles. The topological polar surface area (TPSA) is 57.9 Å². The molecule has 0 N–H and O–H groups in total. The van der Waals surface area contributed by atoms with Gasteiger partial charge in [0.05, 0.1) is 0 Å². The number of nitrogens with zero attached hydrogens (tertiary/aromatic N) is 4. The predicted molar refractivity (Wildman–Crippen MR) is 72.9 cm³/mol. The van der Waals surface area contributed by atoms with Crippen LogP contribution in [0.15, 0.2) is 11.6 Å². The van der Waals surface area contributed by atoms with Gasteiger partial charge < -0.3 is 9.80 Å². The molecule has 1 amide bonds. The summed E-state index contributed by atoms with van der Waals surface area (Å²) in [7, 11) is 0. The standard InChI is InChI=1S/C12H14N4O2S/c1-9(18)14-2-4-15(5-3-14)11-10(8-17)16-6-7-19-12(16)13-11/h6-8H,2-5H2,1H3. The van der Waals surface area contributed by atoms with Crippen LogP contribution in [0.25, 0.3) is 4.96 Å². The van der Waals surface area contributed by atoms with Crippen LogP contribution < -0.4 is 4.90 Å². The molecule has 1 aliphatic heterocycles. The van der Waals surface area contributed by atoms with Crippen molar-refractivity contribution < 1.29 is 9.59 Å². The molecular formula is C12H14N4O2S. The van der Waals surface area contributed by atoms with Gasteiger partial charge in [-0.15, -0.1) is 11.3 Å². The molecule has 19 heavy (non-hydrogen) atoms. The summed E-state index contributed by atoms with van der Waals surface area (Å²) < 4.78 is 1.81. The first-order chi connectivity index (χ1) is 9.20. The molecule has 7 heteroatoms. The zero-order valence-corrected chi connectivity index (χ0v) is 11.4. The number of hydrogen-bond donors (Lipinski definition) is 0. The number of imidazole rings is 1. The van der Waals surface area contributed by atoms with E-state index < -0.39 is 0 Å². The van der Waals surface area contributed by atoms with E-state index in [9.17, 15) is 9.59 Å². The number of carbonyl (C=O) groups excluding carboxylic acids is 2. The van der Waals surface area contributed by atoms with Crippen molar-refractivity contribution in [2.24, 2.45) is 0 Å². The van der Waals surface area contributed by atoms with Gasteiger partial charge in [-0.2, -0.15) is 0 Å². The maximum atomic E-state index is 11.3. The fraction of sp³-hybridized carbons (Fsp3) is 0.417. The molecule has 0 spiro atoms. The maximum absolute atomic E-state index is 11.3. The number of aldehydes is 1. The highest BCUT2D eigenvalue weighted by Gasteiger charge is 2.24. The molecule has 3 heterocycles. The van der Waals surface area contributed by atoms with Crippen LogP contribution in [0, 0.1) is 0 Å². The number of thiazole rings is 1. The monoisotopic (exact) mass is 278 g/mol. The summed E-state index contributed by atoms with van der Waals surface area (Å²) in [6.45, 7) is 4.37. The Bertz CT molecular complexity index is 625. The van der Waals surface area contributed by atoms with Crippen LogP contribution in [-0.4, -0.2) is 52.7 Å². The average molecular weight is 278 g/mol. The molecule has 2 aromatic rings. The summed E-state index contributed by atoms with van der Waals surface area (Å²) in [5, 5.41) is 1.91. The number of carbonyl (C=O) groups is 2. The summed E-state index contributed by atoms with van der Waals surface area (Å²) in [4.78, 5) is 31.8. The minimum absolute atomic E-state index is 0.0982. The first-order valence-corrected chi connectivity index (χ1v) is 7.00. The lowest BCUT2D eigenvalue weighted by molar-refractivity contribution is -0.129. The molecule has 1 fully saturated rings. The Hall–Kier alpha value is -1.89. The molecule has 0 atom stereocenters. The molecule has 100 valence electrons. The molecule has 3 rings (SSSR count). The van der Waals surface area contributed by atoms with Crippen molar-refractivity contribution in [1.82, 2.24) is 14.3 Å². The highest BCUT2D eigenvalue weighted by molar-refractivity contribution is 7.15. The third-order valence-corrected chi connectivity index (χ3v) is 4.17. The van der Waals surface area contributed by atoms with Crippen molar-refractivity contribution in [2.45, 2.75) is 6.92 Å². The highest BCUT2D eigenvalue weighted by Crippen LogP contribution is 2.24. The Morgan fingerprint density at radius 2 is 2.11 bits per heavy atom. The SMILES string of the molecule is CC(=O)N1CCN(c2nc3sccn3c2C=O)CC1. The molecule has 0 saturated carbocycles. The number of anilines is 1. The van der Waals surface area contributed by atoms with Gasteiger partial charge in [0.15, 0.2) is 17.1 Å². The number of fused-ring (bicyclic) bond motifs is 1. The van der Waals surface area contributed by atoms with Crippen molar-refractivity contribution >= 4 is 34.3 Å². The Kier molecular flexibility index (Phi) is 2.98. The Morgan fingerprint density at radius 1 is 1.37 bits per heavy atom. The van der Waals surface area contributed by atoms with Crippen LogP contribution in [-0.2, 0) is 4.79 Å². The zero-order valence-electron chi connectivity index (χ0n) is 10.6. The molecule has 0 unspecified atom stereocenters. The number of aromatic nitrogens is 2. The zero-order chi connectivity index (χ0) is 13.4. The van der Waals surface area contributed by atoms with E-state index in [1.807, 2.05) is 20.9 Å². The number of amides is 1. The molecule has 0 aliphatic carbocycles. The van der Waals surface area contributed by atoms with Gasteiger partial charge in [0.2, 0.25) is 5.91 Å². The van der Waals surface area contributed by atoms with E-state index in [0.717, 1.165) is 17.1 Å². The largest absolute Gasteiger partial charge is 0.351 e. The molecule has 2 aromatic heterocycles. The van der Waals surface area contributed by atoms with Crippen molar-refractivity contribution in [3.8, 4) is 0 Å². The predicted octanol–water partition coefficient (Wildman–Crippen LogP) is 0.877. The minimum Gasteiger partial charge on any atom is -0.351 e. The van der Waals surface area contributed by atoms with E-state index in [1.165, 1.54) is 11.3 Å². The van der Waals surface area contributed by atoms with E-state index in [4.69, 9.17) is 0 Å². The number of piperazine rings is 1. The van der Waals surface area contributed by atoms with Crippen LogP contribution >= 0.6 is 11.3 Å². The van der Waals surface area contributed by atoms with Gasteiger partial charge in [-0.25, -0.2) is 4.98 Å². The van der Waals surface area contributed by atoms with Crippen molar-refractivity contribution in [3.05, 3.63) is 17.3 Å². The van der Waals surface area contributed by atoms with Gasteiger partial charge in [-0.05, 0) is 0 Å². The lowest BCUT2D eigenvalue weighted by Gasteiger charge is -2.34. The molecule has 0 radical (unpaired) electrons. The van der Waals surface area contributed by atoms with Gasteiger partial charge >= 0.3 is 0 Å². The second kappa shape index (κ2) is 4.65. The smallest absolute Gasteiger partial charge is 0.219 e. The van der Waals surface area contributed by atoms with Gasteiger partial charge in [-0.3, -0.25) is 14.0 Å². The summed E-state index contributed by atoms with van der Waals surface area (Å²) in [6, 6.07) is 0. The summed E-state index contributed by atoms with van der Waals surface area (Å²) in [5.74, 6) is 0.825. The first kappa shape index (κ1) is 12.2. The second-order valence-electron chi connectivity index (χ2n) is 4.49. The van der Waals surface area contributed by atoms with Crippen LogP contribution in [0.4, 0.5) is 5.82 Å². The summed E-state index contributed by atoms with van der Waals surface area (Å²) >= 11 is 1.51. The van der Waals surface area contributed by atoms with Gasteiger partial charge in [0.25, 0.3) is 0 Å². The van der Waals surface area contributed by atoms with E-state index in [2.05, 4.69) is 9.88 Å². The quantitative estimate of drug-likeness (QED) is 0.765. The fourth-order valence-corrected chi connectivity index (χ4v) is 3.08. The number of rotatable bonds is 2. The van der Waals surface area contributed by atoms with E-state index in [1.54, 1.807) is 6.92 Å². The number of hydrogen-bond acceptors (Lipinski definition) is 5. The molecule has 0 aromatic carbocycles. The van der Waals surface area contributed by atoms with Crippen LogP contribution in [0.3, 0.4) is 0 Å². The van der Waals surface area contributed by atoms with Crippen LogP contribution in [0.2, 0.25) is 0 Å². The van der Waals surface area contributed by atoms with Crippen molar-refractivity contribution in [3.63, 3.8) is 0 Å². The third kappa shape index (κ3) is 1.99. The third-order valence-electron chi connectivity index (χ3n) is 3.42. The molecular weight excluding hydrogens is 264 g/mol. The van der Waals surface area contributed by atoms with Crippen molar-refractivity contribution in [2.75, 3.05) is 31.1 Å². The molecule has 0 bridgehead atoms. The Labute approximate surface area is 114 Å². The Balaban J connectivity index is 1.87.